The average Bonchev–Trinajstić information content (AvgIpc) is 3.15. The van der Waals surface area contributed by atoms with E-state index in [1.54, 1.807) is 40.1 Å². The van der Waals surface area contributed by atoms with E-state index in [0.29, 0.717) is 0 Å². The zero-order valence-corrected chi connectivity index (χ0v) is 22.5. The molecule has 0 atom stereocenters. The molecule has 0 amide bonds. The van der Waals surface area contributed by atoms with Crippen molar-refractivity contribution in [1.29, 1.82) is 0 Å². The average molecular weight is 588 g/mol. The fourth-order valence-electron chi connectivity index (χ4n) is 4.09. The van der Waals surface area contributed by atoms with Crippen molar-refractivity contribution in [1.82, 2.24) is 0 Å². The van der Waals surface area contributed by atoms with Gasteiger partial charge in [-0.25, -0.2) is 0 Å². The van der Waals surface area contributed by atoms with E-state index in [0.717, 1.165) is 12.8 Å². The van der Waals surface area contributed by atoms with Crippen LogP contribution in [0.5, 0.6) is 0 Å². The van der Waals surface area contributed by atoms with Crippen LogP contribution in [-0.4, -0.2) is 0 Å². The molecule has 2 aliphatic rings. The standard InChI is InChI=1S/2C13H13.2ClH.Hf/c2*1-10-8-13(9-11(10)2)12-6-4-3-5-7-12;;;/h2*3-7H,8H2,1-2H3;2*1H;/q;;;;+2/p-2. The van der Waals surface area contributed by atoms with Gasteiger partial charge >= 0.3 is 175 Å². The normalized spacial score (nSPS) is 16.1. The van der Waals surface area contributed by atoms with Gasteiger partial charge in [0.05, 0.1) is 0 Å². The molecule has 0 fully saturated rings. The number of hydrogen-bond acceptors (Lipinski definition) is 0. The summed E-state index contributed by atoms with van der Waals surface area (Å²) in [6.07, 6.45) is 2.27. The summed E-state index contributed by atoms with van der Waals surface area (Å²) < 4.78 is 3.47. The van der Waals surface area contributed by atoms with Crippen LogP contribution in [0.1, 0.15) is 51.7 Å². The van der Waals surface area contributed by atoms with Crippen LogP contribution in [-0.2, 0) is 22.9 Å². The Labute approximate surface area is 199 Å². The maximum atomic E-state index is 2.36. The Hall–Kier alpha value is -1.15. The molecule has 0 saturated carbocycles. The molecular weight excluding hydrogens is 562 g/mol. The van der Waals surface area contributed by atoms with Crippen molar-refractivity contribution in [3.8, 4) is 0 Å². The molecule has 0 aromatic heterocycles. The predicted octanol–water partition coefficient (Wildman–Crippen LogP) is 1.38. The van der Waals surface area contributed by atoms with E-state index < -0.39 is 22.9 Å². The third kappa shape index (κ3) is 4.79. The third-order valence-electron chi connectivity index (χ3n) is 6.01. The first-order chi connectivity index (χ1) is 13.1. The van der Waals surface area contributed by atoms with E-state index in [9.17, 15) is 0 Å². The van der Waals surface area contributed by atoms with Crippen molar-refractivity contribution in [3.05, 3.63) is 101 Å². The minimum absolute atomic E-state index is 0. The Bertz CT molecular complexity index is 926. The van der Waals surface area contributed by atoms with Crippen molar-refractivity contribution < 1.29 is 47.7 Å². The van der Waals surface area contributed by atoms with E-state index in [4.69, 9.17) is 0 Å². The predicted molar refractivity (Wildman–Crippen MR) is 113 cm³/mol. The molecule has 0 N–H and O–H groups in total. The molecule has 2 aliphatic carbocycles. The third-order valence-corrected chi connectivity index (χ3v) is 12.7. The van der Waals surface area contributed by atoms with Gasteiger partial charge < -0.3 is 24.8 Å². The van der Waals surface area contributed by atoms with Crippen molar-refractivity contribution >= 4 is 11.1 Å². The molecular formula is C26H26Cl2Hf. The van der Waals surface area contributed by atoms with Crippen LogP contribution in [0.4, 0.5) is 0 Å². The molecule has 0 radical (unpaired) electrons. The second kappa shape index (κ2) is 10.2. The monoisotopic (exact) mass is 588 g/mol. The van der Waals surface area contributed by atoms with Crippen molar-refractivity contribution in [3.63, 3.8) is 0 Å². The maximum absolute atomic E-state index is 2.36. The van der Waals surface area contributed by atoms with E-state index in [2.05, 4.69) is 88.4 Å². The summed E-state index contributed by atoms with van der Waals surface area (Å²) in [6.45, 7) is 9.36. The van der Waals surface area contributed by atoms with Crippen LogP contribution in [0.3, 0.4) is 0 Å². The van der Waals surface area contributed by atoms with Crippen LogP contribution in [0.2, 0.25) is 0 Å². The molecule has 0 bridgehead atoms. The number of rotatable bonds is 4. The first kappa shape index (κ1) is 24.1. The maximum Gasteiger partial charge on any atom is -1.00 e. The molecule has 148 valence electrons. The first-order valence-corrected chi connectivity index (χ1v) is 13.3. The molecule has 2 aromatic carbocycles. The summed E-state index contributed by atoms with van der Waals surface area (Å²) in [6, 6.07) is 22.1. The summed E-state index contributed by atoms with van der Waals surface area (Å²) >= 11 is -1.16. The molecule has 0 saturated heterocycles. The SMILES string of the molecule is CC1=C(C)[C]([Hf+2][C]2=C(c3ccccc3)CC(C)=C2C)=C(c2ccccc2)C1.[Cl-].[Cl-]. The van der Waals surface area contributed by atoms with Gasteiger partial charge in [0.1, 0.15) is 0 Å². The van der Waals surface area contributed by atoms with Crippen LogP contribution in [0.25, 0.3) is 11.1 Å². The number of halogens is 2. The molecule has 2 aromatic rings. The number of allylic oxidation sites excluding steroid dienone is 8. The van der Waals surface area contributed by atoms with Crippen LogP contribution in [0.15, 0.2) is 89.6 Å². The van der Waals surface area contributed by atoms with Crippen molar-refractivity contribution in [2.45, 2.75) is 40.5 Å². The Morgan fingerprint density at radius 3 is 1.24 bits per heavy atom. The van der Waals surface area contributed by atoms with Crippen molar-refractivity contribution in [2.24, 2.45) is 0 Å². The quantitative estimate of drug-likeness (QED) is 0.475. The van der Waals surface area contributed by atoms with Gasteiger partial charge in [0.15, 0.2) is 0 Å². The second-order valence-electron chi connectivity index (χ2n) is 7.73. The summed E-state index contributed by atoms with van der Waals surface area (Å²) in [4.78, 5) is 0. The fourth-order valence-corrected chi connectivity index (χ4v) is 10.6. The van der Waals surface area contributed by atoms with Gasteiger partial charge in [-0.05, 0) is 0 Å². The van der Waals surface area contributed by atoms with Gasteiger partial charge in [-0.2, -0.15) is 0 Å². The van der Waals surface area contributed by atoms with Crippen LogP contribution in [0, 0.1) is 0 Å². The van der Waals surface area contributed by atoms with Gasteiger partial charge in [-0.3, -0.25) is 0 Å². The molecule has 0 aliphatic heterocycles. The molecule has 29 heavy (non-hydrogen) atoms. The fraction of sp³-hybridized carbons (Fsp3) is 0.231. The van der Waals surface area contributed by atoms with E-state index in [-0.39, 0.29) is 24.8 Å². The first-order valence-electron chi connectivity index (χ1n) is 9.74. The van der Waals surface area contributed by atoms with E-state index in [1.165, 1.54) is 11.1 Å². The zero-order valence-electron chi connectivity index (χ0n) is 17.4. The summed E-state index contributed by atoms with van der Waals surface area (Å²) in [7, 11) is 0. The number of hydrogen-bond donors (Lipinski definition) is 0. The molecule has 0 nitrogen and oxygen atoms in total. The Morgan fingerprint density at radius 1 is 0.552 bits per heavy atom. The van der Waals surface area contributed by atoms with Gasteiger partial charge in [0.2, 0.25) is 0 Å². The molecule has 0 unspecified atom stereocenters. The van der Waals surface area contributed by atoms with Gasteiger partial charge in [0.25, 0.3) is 0 Å². The zero-order chi connectivity index (χ0) is 19.0. The van der Waals surface area contributed by atoms with Crippen LogP contribution < -0.4 is 24.8 Å². The number of benzene rings is 2. The van der Waals surface area contributed by atoms with Crippen LogP contribution >= 0.6 is 0 Å². The van der Waals surface area contributed by atoms with E-state index >= 15 is 0 Å². The molecule has 4 rings (SSSR count). The molecule has 0 heterocycles. The largest absolute Gasteiger partial charge is 1.00 e. The second-order valence-corrected chi connectivity index (χ2v) is 12.2. The Balaban J connectivity index is 0.00000150. The van der Waals surface area contributed by atoms with Gasteiger partial charge in [-0.1, -0.05) is 0 Å². The van der Waals surface area contributed by atoms with Gasteiger partial charge in [-0.15, -0.1) is 0 Å². The Morgan fingerprint density at radius 2 is 0.897 bits per heavy atom. The Kier molecular flexibility index (Phi) is 8.52. The van der Waals surface area contributed by atoms with Crippen molar-refractivity contribution in [2.75, 3.05) is 0 Å². The summed E-state index contributed by atoms with van der Waals surface area (Å²) in [5.41, 5.74) is 12.3. The smallest absolute Gasteiger partial charge is 1.00 e. The molecule has 0 spiro atoms. The minimum atomic E-state index is -1.16. The summed E-state index contributed by atoms with van der Waals surface area (Å²) in [5, 5.41) is 0. The van der Waals surface area contributed by atoms with Gasteiger partial charge in [0, 0.05) is 0 Å². The summed E-state index contributed by atoms with van der Waals surface area (Å²) in [5.74, 6) is 0. The van der Waals surface area contributed by atoms with E-state index in [1.807, 2.05) is 0 Å². The minimum Gasteiger partial charge on any atom is -1.00 e. The molecule has 3 heteroatoms. The topological polar surface area (TPSA) is 0 Å².